The standard InChI is InChI=1S/C13H12N12O2/c1-5-6(3-14)8(26)24(2)9(27)7(5)22-23-12-17-4-18-25(12)13-20-10(15)19-11(16)21-13/h4,27H,1-2H3,(H4,15,16,19,20,21)/b23-22+. The molecule has 5 N–H and O–H groups in total. The molecule has 3 aromatic rings. The fourth-order valence-electron chi connectivity index (χ4n) is 2.15. The molecule has 0 unspecified atom stereocenters. The Morgan fingerprint density at radius 2 is 1.89 bits per heavy atom. The molecule has 0 radical (unpaired) electrons. The van der Waals surface area contributed by atoms with Crippen LogP contribution in [0.3, 0.4) is 0 Å². The molecule has 3 heterocycles. The summed E-state index contributed by atoms with van der Waals surface area (Å²) in [6.07, 6.45) is 1.17. The quantitative estimate of drug-likeness (QED) is 0.509. The molecule has 0 amide bonds. The van der Waals surface area contributed by atoms with Crippen LogP contribution in [0.15, 0.2) is 21.4 Å². The van der Waals surface area contributed by atoms with E-state index in [2.05, 4.69) is 35.3 Å². The molecule has 0 spiro atoms. The highest BCUT2D eigenvalue weighted by Crippen LogP contribution is 2.31. The molecular formula is C13H12N12O2. The number of aromatic hydroxyl groups is 1. The van der Waals surface area contributed by atoms with Crippen molar-refractivity contribution < 1.29 is 5.11 Å². The molecule has 0 saturated heterocycles. The van der Waals surface area contributed by atoms with Crippen LogP contribution in [-0.4, -0.2) is 39.4 Å². The summed E-state index contributed by atoms with van der Waals surface area (Å²) in [5, 5.41) is 31.0. The summed E-state index contributed by atoms with van der Waals surface area (Å²) in [7, 11) is 1.30. The minimum Gasteiger partial charge on any atom is -0.493 e. The van der Waals surface area contributed by atoms with E-state index in [-0.39, 0.29) is 40.6 Å². The van der Waals surface area contributed by atoms with Crippen LogP contribution < -0.4 is 17.0 Å². The van der Waals surface area contributed by atoms with E-state index in [1.807, 2.05) is 0 Å². The van der Waals surface area contributed by atoms with Crippen LogP contribution >= 0.6 is 0 Å². The number of anilines is 2. The Morgan fingerprint density at radius 1 is 1.22 bits per heavy atom. The smallest absolute Gasteiger partial charge is 0.274 e. The Morgan fingerprint density at radius 3 is 2.52 bits per heavy atom. The van der Waals surface area contributed by atoms with Gasteiger partial charge in [-0.1, -0.05) is 0 Å². The molecule has 3 rings (SSSR count). The van der Waals surface area contributed by atoms with E-state index in [0.29, 0.717) is 0 Å². The summed E-state index contributed by atoms with van der Waals surface area (Å²) in [5.74, 6) is -0.807. The van der Waals surface area contributed by atoms with Gasteiger partial charge in [0.05, 0.1) is 0 Å². The SMILES string of the molecule is Cc1c(/N=N/c2ncnn2-c2nc(N)nc(N)n2)c(O)n(C)c(=O)c1C#N. The van der Waals surface area contributed by atoms with Crippen molar-refractivity contribution in [2.24, 2.45) is 17.3 Å². The van der Waals surface area contributed by atoms with Crippen LogP contribution in [0, 0.1) is 18.3 Å². The number of rotatable bonds is 3. The van der Waals surface area contributed by atoms with Crippen LogP contribution in [0.4, 0.5) is 23.5 Å². The van der Waals surface area contributed by atoms with E-state index in [4.69, 9.17) is 16.7 Å². The second-order valence-corrected chi connectivity index (χ2v) is 5.17. The molecule has 0 fully saturated rings. The molecule has 14 heteroatoms. The summed E-state index contributed by atoms with van der Waals surface area (Å²) in [6, 6.07) is 1.78. The van der Waals surface area contributed by atoms with E-state index in [9.17, 15) is 9.90 Å². The predicted molar refractivity (Wildman–Crippen MR) is 90.5 cm³/mol. The predicted octanol–water partition coefficient (Wildman–Crippen LogP) is -0.384. The highest BCUT2D eigenvalue weighted by Gasteiger charge is 2.18. The van der Waals surface area contributed by atoms with Crippen molar-refractivity contribution >= 4 is 23.5 Å². The molecule has 0 aliphatic heterocycles. The van der Waals surface area contributed by atoms with Gasteiger partial charge in [-0.3, -0.25) is 9.36 Å². The molecule has 0 aliphatic carbocycles. The number of aromatic nitrogens is 7. The van der Waals surface area contributed by atoms with Crippen molar-refractivity contribution in [3.63, 3.8) is 0 Å². The molecule has 14 nitrogen and oxygen atoms in total. The molecule has 0 aromatic carbocycles. The van der Waals surface area contributed by atoms with Gasteiger partial charge in [-0.25, -0.2) is 0 Å². The normalized spacial score (nSPS) is 11.0. The van der Waals surface area contributed by atoms with Gasteiger partial charge in [0.1, 0.15) is 18.0 Å². The van der Waals surface area contributed by atoms with Crippen molar-refractivity contribution in [3.8, 4) is 17.9 Å². The third-order valence-electron chi connectivity index (χ3n) is 3.51. The summed E-state index contributed by atoms with van der Waals surface area (Å²) in [4.78, 5) is 27.3. The molecule has 0 bridgehead atoms. The molecule has 0 saturated carbocycles. The topological polar surface area (TPSA) is 212 Å². The van der Waals surface area contributed by atoms with Gasteiger partial charge in [0.25, 0.3) is 17.5 Å². The van der Waals surface area contributed by atoms with E-state index >= 15 is 0 Å². The average Bonchev–Trinajstić information content (AvgIpc) is 3.08. The molecule has 136 valence electrons. The number of azo groups is 1. The lowest BCUT2D eigenvalue weighted by Gasteiger charge is -2.08. The fourth-order valence-corrected chi connectivity index (χ4v) is 2.15. The Balaban J connectivity index is 2.10. The van der Waals surface area contributed by atoms with Crippen molar-refractivity contribution in [2.75, 3.05) is 11.5 Å². The Bertz CT molecular complexity index is 1150. The number of nitrogens with two attached hydrogens (primary N) is 2. The van der Waals surface area contributed by atoms with Crippen LogP contribution in [0.2, 0.25) is 0 Å². The number of hydrogen-bond donors (Lipinski definition) is 3. The maximum absolute atomic E-state index is 12.0. The average molecular weight is 368 g/mol. The number of nitriles is 1. The Labute approximate surface area is 150 Å². The van der Waals surface area contributed by atoms with Crippen LogP contribution in [0.5, 0.6) is 5.88 Å². The maximum Gasteiger partial charge on any atom is 0.274 e. The Kier molecular flexibility index (Phi) is 4.18. The Hall–Kier alpha value is -4.41. The largest absolute Gasteiger partial charge is 0.493 e. The molecule has 0 aliphatic rings. The first kappa shape index (κ1) is 17.4. The summed E-state index contributed by atoms with van der Waals surface area (Å²) >= 11 is 0. The number of pyridine rings is 1. The monoisotopic (exact) mass is 368 g/mol. The highest BCUT2D eigenvalue weighted by atomic mass is 16.3. The zero-order valence-electron chi connectivity index (χ0n) is 14.1. The van der Waals surface area contributed by atoms with Gasteiger partial charge < -0.3 is 16.6 Å². The van der Waals surface area contributed by atoms with Gasteiger partial charge >= 0.3 is 0 Å². The van der Waals surface area contributed by atoms with Crippen molar-refractivity contribution in [1.29, 1.82) is 5.26 Å². The van der Waals surface area contributed by atoms with Gasteiger partial charge in [0, 0.05) is 12.6 Å². The minimum atomic E-state index is -0.647. The first-order valence-electron chi connectivity index (χ1n) is 7.25. The number of hydrogen-bond acceptors (Lipinski definition) is 12. The number of nitrogen functional groups attached to an aromatic ring is 2. The lowest BCUT2D eigenvalue weighted by molar-refractivity contribution is 0.424. The maximum atomic E-state index is 12.0. The van der Waals surface area contributed by atoms with E-state index < -0.39 is 11.4 Å². The third kappa shape index (κ3) is 3.00. The minimum absolute atomic E-state index is 0.0365. The first-order valence-corrected chi connectivity index (χ1v) is 7.25. The van der Waals surface area contributed by atoms with Gasteiger partial charge in [0.2, 0.25) is 17.8 Å². The summed E-state index contributed by atoms with van der Waals surface area (Å²) in [6.45, 7) is 1.46. The van der Waals surface area contributed by atoms with E-state index in [1.165, 1.54) is 20.3 Å². The lowest BCUT2D eigenvalue weighted by atomic mass is 10.1. The first-order chi connectivity index (χ1) is 12.8. The molecule has 0 atom stereocenters. The highest BCUT2D eigenvalue weighted by molar-refractivity contribution is 5.59. The van der Waals surface area contributed by atoms with Crippen LogP contribution in [0.1, 0.15) is 11.1 Å². The summed E-state index contributed by atoms with van der Waals surface area (Å²) in [5.41, 5.74) is 10.3. The van der Waals surface area contributed by atoms with Gasteiger partial charge in [-0.2, -0.15) is 35.0 Å². The van der Waals surface area contributed by atoms with Gasteiger partial charge in [0.15, 0.2) is 5.69 Å². The second-order valence-electron chi connectivity index (χ2n) is 5.17. The van der Waals surface area contributed by atoms with Crippen molar-refractivity contribution in [2.45, 2.75) is 6.92 Å². The van der Waals surface area contributed by atoms with Crippen molar-refractivity contribution in [1.82, 2.24) is 34.3 Å². The molecular weight excluding hydrogens is 356 g/mol. The van der Waals surface area contributed by atoms with Gasteiger partial charge in [-0.05, 0) is 6.92 Å². The summed E-state index contributed by atoms with van der Waals surface area (Å²) < 4.78 is 1.98. The van der Waals surface area contributed by atoms with Crippen LogP contribution in [0.25, 0.3) is 5.95 Å². The van der Waals surface area contributed by atoms with E-state index in [0.717, 1.165) is 9.25 Å². The third-order valence-corrected chi connectivity index (χ3v) is 3.51. The van der Waals surface area contributed by atoms with Crippen molar-refractivity contribution in [3.05, 3.63) is 27.8 Å². The molecule has 3 aromatic heterocycles. The fraction of sp³-hybridized carbons (Fsp3) is 0.154. The zero-order valence-corrected chi connectivity index (χ0v) is 14.1. The molecule has 27 heavy (non-hydrogen) atoms. The van der Waals surface area contributed by atoms with Gasteiger partial charge in [-0.15, -0.1) is 10.2 Å². The lowest BCUT2D eigenvalue weighted by Crippen LogP contribution is -2.20. The zero-order chi connectivity index (χ0) is 19.7. The van der Waals surface area contributed by atoms with Crippen LogP contribution in [-0.2, 0) is 7.05 Å². The second kappa shape index (κ2) is 6.48. The van der Waals surface area contributed by atoms with E-state index in [1.54, 1.807) is 6.07 Å². The number of nitrogens with zero attached hydrogens (tertiary/aromatic N) is 10.